The van der Waals surface area contributed by atoms with E-state index in [2.05, 4.69) is 31.0 Å². The third-order valence-corrected chi connectivity index (χ3v) is 4.72. The highest BCUT2D eigenvalue weighted by molar-refractivity contribution is 6.30. The molecule has 2 atom stereocenters. The van der Waals surface area contributed by atoms with Crippen LogP contribution in [0, 0.1) is 5.92 Å². The maximum atomic E-state index is 12.9. The smallest absolute Gasteiger partial charge is 0.250 e. The third-order valence-electron chi connectivity index (χ3n) is 4.53. The van der Waals surface area contributed by atoms with Gasteiger partial charge in [-0.15, -0.1) is 0 Å². The summed E-state index contributed by atoms with van der Waals surface area (Å²) in [7, 11) is 4.17. The van der Waals surface area contributed by atoms with E-state index >= 15 is 0 Å². The van der Waals surface area contributed by atoms with Gasteiger partial charge in [0.05, 0.1) is 11.2 Å². The van der Waals surface area contributed by atoms with Crippen LogP contribution in [0.3, 0.4) is 0 Å². The number of hydrogen-bond acceptors (Lipinski definition) is 3. The van der Waals surface area contributed by atoms with Crippen molar-refractivity contribution >= 4 is 17.5 Å². The van der Waals surface area contributed by atoms with Crippen molar-refractivity contribution in [2.24, 2.45) is 5.92 Å². The molecule has 0 N–H and O–H groups in total. The van der Waals surface area contributed by atoms with E-state index in [1.54, 1.807) is 17.1 Å². The van der Waals surface area contributed by atoms with Gasteiger partial charge in [-0.05, 0) is 33.9 Å². The van der Waals surface area contributed by atoms with Gasteiger partial charge < -0.3 is 9.80 Å². The molecule has 1 aromatic heterocycles. The highest BCUT2D eigenvalue weighted by Crippen LogP contribution is 2.28. The lowest BCUT2D eigenvalue weighted by Crippen LogP contribution is -2.47. The molecule has 1 saturated heterocycles. The molecule has 0 spiro atoms. The maximum Gasteiger partial charge on any atom is 0.250 e. The van der Waals surface area contributed by atoms with E-state index in [4.69, 9.17) is 11.6 Å². The summed E-state index contributed by atoms with van der Waals surface area (Å²) < 4.78 is 1.65. The summed E-state index contributed by atoms with van der Waals surface area (Å²) in [4.78, 5) is 17.1. The minimum Gasteiger partial charge on any atom is -0.339 e. The molecule has 2 rings (SSSR count). The molecule has 2 heterocycles. The Balaban J connectivity index is 2.17. The monoisotopic (exact) mass is 312 g/mol. The second-order valence-corrected chi connectivity index (χ2v) is 7.01. The Morgan fingerprint density at radius 3 is 2.57 bits per heavy atom. The van der Waals surface area contributed by atoms with Gasteiger partial charge in [-0.1, -0.05) is 24.9 Å². The van der Waals surface area contributed by atoms with Crippen molar-refractivity contribution in [1.29, 1.82) is 0 Å². The number of carbonyl (C=O) groups excluding carboxylic acids is 1. The number of halogens is 1. The third kappa shape index (κ3) is 3.09. The summed E-state index contributed by atoms with van der Waals surface area (Å²) in [6.45, 7) is 7.57. The number of amides is 1. The fourth-order valence-corrected chi connectivity index (χ4v) is 3.23. The second-order valence-electron chi connectivity index (χ2n) is 6.57. The van der Waals surface area contributed by atoms with E-state index in [1.165, 1.54) is 0 Å². The maximum absolute atomic E-state index is 12.9. The Morgan fingerprint density at radius 2 is 2.14 bits per heavy atom. The van der Waals surface area contributed by atoms with E-state index in [0.717, 1.165) is 19.5 Å². The summed E-state index contributed by atoms with van der Waals surface area (Å²) in [5.74, 6) is 0.631. The lowest BCUT2D eigenvalue weighted by atomic mass is 10.0. The lowest BCUT2D eigenvalue weighted by molar-refractivity contribution is -0.138. The Kier molecular flexibility index (Phi) is 4.63. The molecule has 1 aromatic rings. The van der Waals surface area contributed by atoms with Gasteiger partial charge in [0.1, 0.15) is 5.54 Å². The van der Waals surface area contributed by atoms with Gasteiger partial charge in [0, 0.05) is 25.3 Å². The minimum atomic E-state index is -0.716. The molecule has 0 saturated carbocycles. The molecule has 21 heavy (non-hydrogen) atoms. The van der Waals surface area contributed by atoms with Gasteiger partial charge >= 0.3 is 0 Å². The zero-order valence-corrected chi connectivity index (χ0v) is 14.3. The minimum absolute atomic E-state index is 0.102. The Hall–Kier alpha value is -1.07. The molecule has 6 heteroatoms. The summed E-state index contributed by atoms with van der Waals surface area (Å²) >= 11 is 5.93. The first-order valence-corrected chi connectivity index (χ1v) is 7.81. The molecule has 118 valence electrons. The summed E-state index contributed by atoms with van der Waals surface area (Å²) in [6.07, 6.45) is 4.36. The summed E-state index contributed by atoms with van der Waals surface area (Å²) in [5, 5.41) is 4.75. The molecule has 0 radical (unpaired) electrons. The zero-order chi connectivity index (χ0) is 15.8. The van der Waals surface area contributed by atoms with Crippen LogP contribution < -0.4 is 0 Å². The average Bonchev–Trinajstić information content (AvgIpc) is 3.03. The number of aromatic nitrogens is 2. The van der Waals surface area contributed by atoms with E-state index in [1.807, 2.05) is 18.7 Å². The predicted octanol–water partition coefficient (Wildman–Crippen LogP) is 2.07. The first-order valence-electron chi connectivity index (χ1n) is 7.43. The van der Waals surface area contributed by atoms with E-state index in [9.17, 15) is 4.79 Å². The molecule has 5 nitrogen and oxygen atoms in total. The zero-order valence-electron chi connectivity index (χ0n) is 13.5. The standard InChI is InChI=1S/C15H25ClN4O/c1-6-11-8-19(10-13(11)18(4)5)14(21)15(2,3)20-9-12(16)7-17-20/h7,9,11,13H,6,8,10H2,1-5H3/t11-,13-/m1/s1. The molecule has 1 aliphatic rings. The van der Waals surface area contributed by atoms with Crippen molar-refractivity contribution in [3.63, 3.8) is 0 Å². The SMILES string of the molecule is CC[C@@H]1CN(C(=O)C(C)(C)n2cc(Cl)cn2)C[C@H]1N(C)C. The van der Waals surface area contributed by atoms with Crippen LogP contribution in [0.1, 0.15) is 27.2 Å². The highest BCUT2D eigenvalue weighted by atomic mass is 35.5. The number of rotatable bonds is 4. The van der Waals surface area contributed by atoms with Crippen LogP contribution >= 0.6 is 11.6 Å². The van der Waals surface area contributed by atoms with Gasteiger partial charge in [0.25, 0.3) is 0 Å². The lowest BCUT2D eigenvalue weighted by Gasteiger charge is -2.30. The molecule has 0 aliphatic carbocycles. The fourth-order valence-electron chi connectivity index (χ4n) is 3.10. The summed E-state index contributed by atoms with van der Waals surface area (Å²) in [5.41, 5.74) is -0.716. The number of nitrogens with zero attached hydrogens (tertiary/aromatic N) is 4. The molecule has 1 aliphatic heterocycles. The van der Waals surface area contributed by atoms with Gasteiger partial charge in [-0.3, -0.25) is 9.48 Å². The largest absolute Gasteiger partial charge is 0.339 e. The normalized spacial score (nSPS) is 23.1. The van der Waals surface area contributed by atoms with Crippen LogP contribution in [0.5, 0.6) is 0 Å². The van der Waals surface area contributed by atoms with Crippen LogP contribution in [0.4, 0.5) is 0 Å². The van der Waals surface area contributed by atoms with E-state index < -0.39 is 5.54 Å². The average molecular weight is 313 g/mol. The van der Waals surface area contributed by atoms with Crippen molar-refractivity contribution in [2.45, 2.75) is 38.8 Å². The van der Waals surface area contributed by atoms with Crippen LogP contribution in [0.25, 0.3) is 0 Å². The second kappa shape index (κ2) is 5.97. The fraction of sp³-hybridized carbons (Fsp3) is 0.733. The van der Waals surface area contributed by atoms with Crippen molar-refractivity contribution in [1.82, 2.24) is 19.6 Å². The van der Waals surface area contributed by atoms with Crippen LogP contribution in [0.2, 0.25) is 5.02 Å². The van der Waals surface area contributed by atoms with Gasteiger partial charge in [0.15, 0.2) is 0 Å². The van der Waals surface area contributed by atoms with Crippen molar-refractivity contribution in [3.05, 3.63) is 17.4 Å². The molecular weight excluding hydrogens is 288 g/mol. The summed E-state index contributed by atoms with van der Waals surface area (Å²) in [6, 6.07) is 0.427. The van der Waals surface area contributed by atoms with Crippen molar-refractivity contribution in [3.8, 4) is 0 Å². The van der Waals surface area contributed by atoms with Crippen LogP contribution in [0.15, 0.2) is 12.4 Å². The van der Waals surface area contributed by atoms with Crippen molar-refractivity contribution < 1.29 is 4.79 Å². The Morgan fingerprint density at radius 1 is 1.48 bits per heavy atom. The van der Waals surface area contributed by atoms with Gasteiger partial charge in [-0.2, -0.15) is 5.10 Å². The van der Waals surface area contributed by atoms with Crippen LogP contribution in [-0.2, 0) is 10.3 Å². The van der Waals surface area contributed by atoms with Crippen molar-refractivity contribution in [2.75, 3.05) is 27.2 Å². The van der Waals surface area contributed by atoms with Gasteiger partial charge in [-0.25, -0.2) is 0 Å². The van der Waals surface area contributed by atoms with E-state index in [0.29, 0.717) is 17.0 Å². The number of hydrogen-bond donors (Lipinski definition) is 0. The first kappa shape index (κ1) is 16.3. The number of carbonyl (C=O) groups is 1. The number of likely N-dealkylation sites (N-methyl/N-ethyl adjacent to an activating group) is 1. The first-order chi connectivity index (χ1) is 9.77. The van der Waals surface area contributed by atoms with Crippen LogP contribution in [-0.4, -0.2) is 58.7 Å². The molecule has 0 bridgehead atoms. The molecule has 0 unspecified atom stereocenters. The molecule has 1 amide bonds. The molecular formula is C15H25ClN4O. The van der Waals surface area contributed by atoms with E-state index in [-0.39, 0.29) is 5.91 Å². The molecule has 0 aromatic carbocycles. The quantitative estimate of drug-likeness (QED) is 0.854. The Bertz CT molecular complexity index is 512. The number of likely N-dealkylation sites (tertiary alicyclic amines) is 1. The predicted molar refractivity (Wildman–Crippen MR) is 84.4 cm³/mol. The Labute approximate surface area is 131 Å². The van der Waals surface area contributed by atoms with Gasteiger partial charge in [0.2, 0.25) is 5.91 Å². The molecule has 1 fully saturated rings. The highest BCUT2D eigenvalue weighted by Gasteiger charge is 2.41. The topological polar surface area (TPSA) is 41.4 Å².